The monoisotopic (exact) mass is 398 g/mol. The quantitative estimate of drug-likeness (QED) is 0.533. The molecule has 4 rings (SSSR count). The third-order valence-corrected chi connectivity index (χ3v) is 4.92. The van der Waals surface area contributed by atoms with Crippen LogP contribution in [0, 0.1) is 0 Å². The lowest BCUT2D eigenvalue weighted by atomic mass is 9.98. The van der Waals surface area contributed by atoms with Gasteiger partial charge in [0, 0.05) is 36.8 Å². The predicted octanol–water partition coefficient (Wildman–Crippen LogP) is 4.03. The van der Waals surface area contributed by atoms with E-state index in [2.05, 4.69) is 10.4 Å². The molecule has 0 bridgehead atoms. The fraction of sp³-hybridized carbons (Fsp3) is 0.125. The Hall–Kier alpha value is -3.93. The molecule has 0 saturated heterocycles. The normalized spacial score (nSPS) is 10.7. The molecule has 0 aliphatic carbocycles. The fourth-order valence-electron chi connectivity index (χ4n) is 3.35. The number of carbonyl (C=O) groups is 1. The van der Waals surface area contributed by atoms with Gasteiger partial charge in [-0.25, -0.2) is 0 Å². The van der Waals surface area contributed by atoms with Gasteiger partial charge in [0.2, 0.25) is 0 Å². The summed E-state index contributed by atoms with van der Waals surface area (Å²) in [6.07, 6.45) is 5.35. The number of aryl methyl sites for hydroxylation is 1. The summed E-state index contributed by atoms with van der Waals surface area (Å²) in [6.45, 7) is 3.13. The van der Waals surface area contributed by atoms with Crippen molar-refractivity contribution in [2.75, 3.05) is 5.32 Å². The zero-order chi connectivity index (χ0) is 20.9. The van der Waals surface area contributed by atoms with Gasteiger partial charge >= 0.3 is 0 Å². The molecule has 0 aliphatic rings. The van der Waals surface area contributed by atoms with Crippen LogP contribution in [-0.2, 0) is 13.1 Å². The number of aromatic nitrogens is 3. The highest BCUT2D eigenvalue weighted by molar-refractivity contribution is 6.08. The lowest BCUT2D eigenvalue weighted by Gasteiger charge is -2.12. The molecule has 1 N–H and O–H groups in total. The van der Waals surface area contributed by atoms with Gasteiger partial charge in [-0.1, -0.05) is 42.5 Å². The minimum atomic E-state index is -0.215. The first kappa shape index (κ1) is 19.4. The summed E-state index contributed by atoms with van der Waals surface area (Å²) >= 11 is 0. The summed E-state index contributed by atoms with van der Waals surface area (Å²) in [5, 5.41) is 7.13. The van der Waals surface area contributed by atoms with Crippen molar-refractivity contribution in [1.82, 2.24) is 14.3 Å². The molecule has 150 valence electrons. The van der Waals surface area contributed by atoms with Crippen molar-refractivity contribution < 1.29 is 4.79 Å². The van der Waals surface area contributed by atoms with Crippen molar-refractivity contribution in [1.29, 1.82) is 0 Å². The molecule has 0 aliphatic heterocycles. The predicted molar refractivity (Wildman–Crippen MR) is 118 cm³/mol. The first-order valence-corrected chi connectivity index (χ1v) is 9.81. The summed E-state index contributed by atoms with van der Waals surface area (Å²) in [4.78, 5) is 24.7. The van der Waals surface area contributed by atoms with E-state index in [0.717, 1.165) is 16.7 Å². The van der Waals surface area contributed by atoms with Crippen LogP contribution < -0.4 is 10.9 Å². The van der Waals surface area contributed by atoms with Crippen molar-refractivity contribution in [3.8, 4) is 11.1 Å². The van der Waals surface area contributed by atoms with E-state index in [-0.39, 0.29) is 11.5 Å². The Morgan fingerprint density at radius 1 is 1.00 bits per heavy atom. The van der Waals surface area contributed by atoms with Gasteiger partial charge in [0.1, 0.15) is 0 Å². The molecule has 2 heterocycles. The number of nitrogens with one attached hydrogen (secondary N) is 1. The van der Waals surface area contributed by atoms with Crippen LogP contribution in [0.4, 0.5) is 5.69 Å². The summed E-state index contributed by atoms with van der Waals surface area (Å²) in [5.41, 5.74) is 4.02. The van der Waals surface area contributed by atoms with E-state index in [1.807, 2.05) is 66.3 Å². The van der Waals surface area contributed by atoms with E-state index in [0.29, 0.717) is 24.3 Å². The van der Waals surface area contributed by atoms with Crippen LogP contribution in [-0.4, -0.2) is 20.3 Å². The minimum Gasteiger partial charge on any atom is -0.321 e. The number of anilines is 1. The SMILES string of the molecule is CCn1cc(NC(=O)c2ccccc2-c2ccc(Cn3cccn3)cc2)ccc1=O. The van der Waals surface area contributed by atoms with E-state index in [1.54, 1.807) is 29.1 Å². The van der Waals surface area contributed by atoms with Crippen LogP contribution >= 0.6 is 0 Å². The summed E-state index contributed by atoms with van der Waals surface area (Å²) in [6, 6.07) is 20.6. The molecular formula is C24H22N4O2. The number of hydrogen-bond acceptors (Lipinski definition) is 3. The van der Waals surface area contributed by atoms with Gasteiger partial charge in [-0.05, 0) is 41.8 Å². The van der Waals surface area contributed by atoms with Gasteiger partial charge in [-0.15, -0.1) is 0 Å². The van der Waals surface area contributed by atoms with Crippen molar-refractivity contribution in [3.63, 3.8) is 0 Å². The zero-order valence-corrected chi connectivity index (χ0v) is 16.7. The molecule has 2 aromatic heterocycles. The summed E-state index contributed by atoms with van der Waals surface area (Å²) < 4.78 is 3.42. The van der Waals surface area contributed by atoms with Crippen molar-refractivity contribution in [2.24, 2.45) is 0 Å². The number of carbonyl (C=O) groups excluding carboxylic acids is 1. The van der Waals surface area contributed by atoms with Gasteiger partial charge in [0.25, 0.3) is 11.5 Å². The largest absolute Gasteiger partial charge is 0.321 e. The molecular weight excluding hydrogens is 376 g/mol. The van der Waals surface area contributed by atoms with Crippen LogP contribution in [0.3, 0.4) is 0 Å². The number of pyridine rings is 1. The second kappa shape index (κ2) is 8.61. The van der Waals surface area contributed by atoms with E-state index in [1.165, 1.54) is 6.07 Å². The molecule has 0 saturated carbocycles. The van der Waals surface area contributed by atoms with E-state index < -0.39 is 0 Å². The van der Waals surface area contributed by atoms with Crippen LogP contribution in [0.1, 0.15) is 22.8 Å². The molecule has 0 radical (unpaired) electrons. The second-order valence-electron chi connectivity index (χ2n) is 6.94. The van der Waals surface area contributed by atoms with Crippen molar-refractivity contribution in [2.45, 2.75) is 20.0 Å². The van der Waals surface area contributed by atoms with E-state index in [9.17, 15) is 9.59 Å². The Morgan fingerprint density at radius 2 is 1.80 bits per heavy atom. The highest BCUT2D eigenvalue weighted by Crippen LogP contribution is 2.25. The molecule has 6 heteroatoms. The molecule has 0 fully saturated rings. The van der Waals surface area contributed by atoms with Crippen LogP contribution in [0.5, 0.6) is 0 Å². The maximum atomic E-state index is 13.0. The number of nitrogens with zero attached hydrogens (tertiary/aromatic N) is 3. The maximum absolute atomic E-state index is 13.0. The Bertz CT molecular complexity index is 1210. The average Bonchev–Trinajstić information content (AvgIpc) is 3.28. The van der Waals surface area contributed by atoms with Gasteiger partial charge in [-0.2, -0.15) is 5.10 Å². The van der Waals surface area contributed by atoms with Gasteiger partial charge in [0.05, 0.1) is 12.2 Å². The van der Waals surface area contributed by atoms with Crippen LogP contribution in [0.15, 0.2) is 90.1 Å². The topological polar surface area (TPSA) is 68.9 Å². The Labute approximate surface area is 174 Å². The first-order chi connectivity index (χ1) is 14.6. The third-order valence-electron chi connectivity index (χ3n) is 4.92. The summed E-state index contributed by atoms with van der Waals surface area (Å²) in [5.74, 6) is -0.215. The van der Waals surface area contributed by atoms with Crippen LogP contribution in [0.25, 0.3) is 11.1 Å². The minimum absolute atomic E-state index is 0.0916. The van der Waals surface area contributed by atoms with Crippen molar-refractivity contribution >= 4 is 11.6 Å². The molecule has 2 aromatic carbocycles. The van der Waals surface area contributed by atoms with Crippen LogP contribution in [0.2, 0.25) is 0 Å². The zero-order valence-electron chi connectivity index (χ0n) is 16.7. The molecule has 30 heavy (non-hydrogen) atoms. The average molecular weight is 398 g/mol. The van der Waals surface area contributed by atoms with Crippen molar-refractivity contribution in [3.05, 3.63) is 107 Å². The maximum Gasteiger partial charge on any atom is 0.256 e. The molecule has 0 atom stereocenters. The highest BCUT2D eigenvalue weighted by atomic mass is 16.1. The van der Waals surface area contributed by atoms with Gasteiger partial charge in [-0.3, -0.25) is 14.3 Å². The molecule has 1 amide bonds. The van der Waals surface area contributed by atoms with Gasteiger partial charge < -0.3 is 9.88 Å². The Morgan fingerprint density at radius 3 is 2.53 bits per heavy atom. The molecule has 0 unspecified atom stereocenters. The Balaban J connectivity index is 1.57. The molecule has 4 aromatic rings. The lowest BCUT2D eigenvalue weighted by molar-refractivity contribution is 0.102. The molecule has 6 nitrogen and oxygen atoms in total. The third kappa shape index (κ3) is 4.22. The Kier molecular flexibility index (Phi) is 5.57. The highest BCUT2D eigenvalue weighted by Gasteiger charge is 2.13. The number of amides is 1. The second-order valence-corrected chi connectivity index (χ2v) is 6.94. The standard InChI is InChI=1S/C24H22N4O2/c1-2-27-17-20(12-13-23(27)29)26-24(30)22-7-4-3-6-21(22)19-10-8-18(9-11-19)16-28-15-5-14-25-28/h3-15,17H,2,16H2,1H3,(H,26,30). The summed E-state index contributed by atoms with van der Waals surface area (Å²) in [7, 11) is 0. The van der Waals surface area contributed by atoms with Gasteiger partial charge in [0.15, 0.2) is 0 Å². The number of rotatable bonds is 6. The number of benzene rings is 2. The molecule has 0 spiro atoms. The van der Waals surface area contributed by atoms with E-state index in [4.69, 9.17) is 0 Å². The lowest BCUT2D eigenvalue weighted by Crippen LogP contribution is -2.20. The number of hydrogen-bond donors (Lipinski definition) is 1. The first-order valence-electron chi connectivity index (χ1n) is 9.81. The smallest absolute Gasteiger partial charge is 0.256 e. The van der Waals surface area contributed by atoms with E-state index >= 15 is 0 Å². The fourth-order valence-corrected chi connectivity index (χ4v) is 3.35.